The van der Waals surface area contributed by atoms with Crippen LogP contribution >= 0.6 is 0 Å². The number of halogens is 1. The first-order valence-corrected chi connectivity index (χ1v) is 5.46. The zero-order chi connectivity index (χ0) is 12.7. The summed E-state index contributed by atoms with van der Waals surface area (Å²) in [6.07, 6.45) is 0.497. The van der Waals surface area contributed by atoms with E-state index < -0.39 is 16.4 Å². The van der Waals surface area contributed by atoms with Gasteiger partial charge in [-0.1, -0.05) is 13.8 Å². The molecule has 0 heterocycles. The van der Waals surface area contributed by atoms with Crippen molar-refractivity contribution in [1.82, 2.24) is 0 Å². The first kappa shape index (κ1) is 11.7. The summed E-state index contributed by atoms with van der Waals surface area (Å²) in [6.45, 7) is 3.49. The number of carbonyl (C=O) groups is 1. The number of hydrogen-bond acceptors (Lipinski definition) is 3. The third-order valence-corrected chi connectivity index (χ3v) is 3.08. The quantitative estimate of drug-likeness (QED) is 0.586. The molecule has 0 spiro atoms. The first-order chi connectivity index (χ1) is 7.93. The van der Waals surface area contributed by atoms with Gasteiger partial charge in [0.2, 0.25) is 5.82 Å². The van der Waals surface area contributed by atoms with Crippen LogP contribution in [0.5, 0.6) is 0 Å². The Morgan fingerprint density at radius 1 is 1.41 bits per heavy atom. The summed E-state index contributed by atoms with van der Waals surface area (Å²) < 4.78 is 14.0. The zero-order valence-electron chi connectivity index (χ0n) is 9.62. The molecule has 90 valence electrons. The molecule has 1 aromatic carbocycles. The number of nitro benzene ring substituents is 1. The van der Waals surface area contributed by atoms with Gasteiger partial charge in [-0.2, -0.15) is 4.39 Å². The van der Waals surface area contributed by atoms with Crippen LogP contribution in [0.25, 0.3) is 0 Å². The van der Waals surface area contributed by atoms with Crippen LogP contribution in [-0.2, 0) is 6.42 Å². The van der Waals surface area contributed by atoms with Crippen LogP contribution in [0, 0.1) is 15.9 Å². The monoisotopic (exact) mass is 237 g/mol. The first-order valence-electron chi connectivity index (χ1n) is 5.46. The number of hydrogen-bond donors (Lipinski definition) is 0. The van der Waals surface area contributed by atoms with Gasteiger partial charge in [0.05, 0.1) is 4.92 Å². The molecule has 5 heteroatoms. The molecule has 0 bridgehead atoms. The second-order valence-corrected chi connectivity index (χ2v) is 4.49. The van der Waals surface area contributed by atoms with Crippen LogP contribution in [0.3, 0.4) is 0 Å². The van der Waals surface area contributed by atoms with E-state index in [1.807, 2.05) is 0 Å². The van der Waals surface area contributed by atoms with Gasteiger partial charge in [-0.05, 0) is 24.0 Å². The molecule has 17 heavy (non-hydrogen) atoms. The molecule has 0 aliphatic heterocycles. The van der Waals surface area contributed by atoms with Gasteiger partial charge in [0.1, 0.15) is 0 Å². The molecule has 0 N–H and O–H groups in total. The molecule has 2 rings (SSSR count). The molecular weight excluding hydrogens is 225 g/mol. The van der Waals surface area contributed by atoms with E-state index in [1.54, 1.807) is 13.8 Å². The lowest BCUT2D eigenvalue weighted by Crippen LogP contribution is -2.05. The van der Waals surface area contributed by atoms with Gasteiger partial charge < -0.3 is 0 Å². The van der Waals surface area contributed by atoms with Crippen molar-refractivity contribution in [3.05, 3.63) is 38.7 Å². The normalized spacial score (nSPS) is 14.2. The van der Waals surface area contributed by atoms with Gasteiger partial charge in [0, 0.05) is 17.5 Å². The smallest absolute Gasteiger partial charge is 0.294 e. The van der Waals surface area contributed by atoms with Crippen molar-refractivity contribution < 1.29 is 14.1 Å². The van der Waals surface area contributed by atoms with Gasteiger partial charge in [-0.15, -0.1) is 0 Å². The highest BCUT2D eigenvalue weighted by molar-refractivity contribution is 6.01. The minimum absolute atomic E-state index is 0.134. The number of fused-ring (bicyclic) bond motifs is 1. The van der Waals surface area contributed by atoms with Crippen molar-refractivity contribution in [3.63, 3.8) is 0 Å². The van der Waals surface area contributed by atoms with E-state index in [9.17, 15) is 19.3 Å². The van der Waals surface area contributed by atoms with E-state index in [1.165, 1.54) is 6.07 Å². The van der Waals surface area contributed by atoms with Crippen LogP contribution in [0.15, 0.2) is 6.07 Å². The number of benzene rings is 1. The fourth-order valence-electron chi connectivity index (χ4n) is 2.19. The van der Waals surface area contributed by atoms with Crippen molar-refractivity contribution in [2.24, 2.45) is 0 Å². The fraction of sp³-hybridized carbons (Fsp3) is 0.417. The average Bonchev–Trinajstić information content (AvgIpc) is 2.58. The molecule has 4 nitrogen and oxygen atoms in total. The Labute approximate surface area is 97.6 Å². The van der Waals surface area contributed by atoms with Crippen LogP contribution in [0.2, 0.25) is 0 Å². The fourth-order valence-corrected chi connectivity index (χ4v) is 2.19. The van der Waals surface area contributed by atoms with Crippen LogP contribution in [-0.4, -0.2) is 10.7 Å². The van der Waals surface area contributed by atoms with E-state index in [-0.39, 0.29) is 35.7 Å². The third-order valence-electron chi connectivity index (χ3n) is 3.08. The van der Waals surface area contributed by atoms with Crippen LogP contribution < -0.4 is 0 Å². The Morgan fingerprint density at radius 3 is 2.59 bits per heavy atom. The second kappa shape index (κ2) is 3.91. The summed E-state index contributed by atoms with van der Waals surface area (Å²) >= 11 is 0. The minimum Gasteiger partial charge on any atom is -0.294 e. The van der Waals surface area contributed by atoms with E-state index in [0.29, 0.717) is 5.56 Å². The predicted octanol–water partition coefficient (Wildman–Crippen LogP) is 2.99. The van der Waals surface area contributed by atoms with E-state index in [2.05, 4.69) is 0 Å². The number of nitrogens with zero attached hydrogens (tertiary/aromatic N) is 1. The Morgan fingerprint density at radius 2 is 2.06 bits per heavy atom. The molecule has 0 radical (unpaired) electrons. The molecule has 0 saturated carbocycles. The molecular formula is C12H12FNO3. The largest absolute Gasteiger partial charge is 0.308 e. The highest BCUT2D eigenvalue weighted by Gasteiger charge is 2.33. The van der Waals surface area contributed by atoms with Crippen molar-refractivity contribution >= 4 is 11.5 Å². The van der Waals surface area contributed by atoms with Crippen LogP contribution in [0.1, 0.15) is 47.7 Å². The number of carbonyl (C=O) groups excluding carboxylic acids is 1. The maximum absolute atomic E-state index is 14.0. The summed E-state index contributed by atoms with van der Waals surface area (Å²) in [5, 5.41) is 10.9. The molecule has 1 aliphatic carbocycles. The summed E-state index contributed by atoms with van der Waals surface area (Å²) in [7, 11) is 0. The topological polar surface area (TPSA) is 60.2 Å². The van der Waals surface area contributed by atoms with Crippen LogP contribution in [0.4, 0.5) is 10.1 Å². The lowest BCUT2D eigenvalue weighted by molar-refractivity contribution is -0.388. The highest BCUT2D eigenvalue weighted by atomic mass is 19.1. The standard InChI is InChI=1S/C12H12FNO3/c1-6(2)8-5-9-7(3-4-10(9)15)12(11(8)13)14(16)17/h5-6H,3-4H2,1-2H3. The van der Waals surface area contributed by atoms with Crippen molar-refractivity contribution in [1.29, 1.82) is 0 Å². The van der Waals surface area contributed by atoms with Crippen molar-refractivity contribution in [3.8, 4) is 0 Å². The van der Waals surface area contributed by atoms with E-state index >= 15 is 0 Å². The van der Waals surface area contributed by atoms with Gasteiger partial charge in [0.25, 0.3) is 0 Å². The number of rotatable bonds is 2. The van der Waals surface area contributed by atoms with Gasteiger partial charge in [0.15, 0.2) is 5.78 Å². The van der Waals surface area contributed by atoms with E-state index in [4.69, 9.17) is 0 Å². The predicted molar refractivity (Wildman–Crippen MR) is 59.8 cm³/mol. The Hall–Kier alpha value is -1.78. The molecule has 0 saturated heterocycles. The molecule has 0 atom stereocenters. The maximum Gasteiger partial charge on any atom is 0.308 e. The van der Waals surface area contributed by atoms with Gasteiger partial charge in [-0.25, -0.2) is 0 Å². The number of ketones is 1. The number of Topliss-reactive ketones (excluding diaryl/α,β-unsaturated/α-hetero) is 1. The molecule has 0 fully saturated rings. The van der Waals surface area contributed by atoms with Crippen molar-refractivity contribution in [2.45, 2.75) is 32.6 Å². The van der Waals surface area contributed by atoms with Gasteiger partial charge in [-0.3, -0.25) is 14.9 Å². The second-order valence-electron chi connectivity index (χ2n) is 4.49. The summed E-state index contributed by atoms with van der Waals surface area (Å²) in [5.74, 6) is -1.11. The summed E-state index contributed by atoms with van der Waals surface area (Å²) in [4.78, 5) is 21.8. The Balaban J connectivity index is 2.77. The highest BCUT2D eigenvalue weighted by Crippen LogP contribution is 2.37. The average molecular weight is 237 g/mol. The molecule has 1 aliphatic rings. The van der Waals surface area contributed by atoms with Gasteiger partial charge >= 0.3 is 5.69 Å². The summed E-state index contributed by atoms with van der Waals surface area (Å²) in [6, 6.07) is 1.47. The Bertz CT molecular complexity index is 523. The SMILES string of the molecule is CC(C)c1cc2c(c([N+](=O)[O-])c1F)CCC2=O. The molecule has 0 amide bonds. The molecule has 0 unspecified atom stereocenters. The number of nitro groups is 1. The zero-order valence-corrected chi connectivity index (χ0v) is 9.62. The molecule has 1 aromatic rings. The molecule has 0 aromatic heterocycles. The third kappa shape index (κ3) is 1.71. The summed E-state index contributed by atoms with van der Waals surface area (Å²) in [5.41, 5.74) is 0.298. The Kier molecular flexibility index (Phi) is 2.69. The van der Waals surface area contributed by atoms with Crippen molar-refractivity contribution in [2.75, 3.05) is 0 Å². The lowest BCUT2D eigenvalue weighted by atomic mass is 9.96. The maximum atomic E-state index is 14.0. The van der Waals surface area contributed by atoms with E-state index in [0.717, 1.165) is 0 Å². The lowest BCUT2D eigenvalue weighted by Gasteiger charge is -2.10. The minimum atomic E-state index is -0.793.